The van der Waals surface area contributed by atoms with E-state index in [1.807, 2.05) is 33.7 Å². The van der Waals surface area contributed by atoms with Crippen LogP contribution in [0.4, 0.5) is 5.69 Å². The number of nitrogens with zero attached hydrogens (tertiary/aromatic N) is 8. The number of rotatable bonds is 2. The van der Waals surface area contributed by atoms with Crippen molar-refractivity contribution < 1.29 is 4.52 Å². The second-order valence-corrected chi connectivity index (χ2v) is 7.75. The van der Waals surface area contributed by atoms with Crippen molar-refractivity contribution in [3.63, 3.8) is 0 Å². The highest BCUT2D eigenvalue weighted by atomic mass is 35.5. The summed E-state index contributed by atoms with van der Waals surface area (Å²) in [7, 11) is 0. The van der Waals surface area contributed by atoms with Crippen molar-refractivity contribution in [2.24, 2.45) is 0 Å². The molecule has 0 amide bonds. The molecule has 28 heavy (non-hydrogen) atoms. The zero-order valence-electron chi connectivity index (χ0n) is 14.7. The molecule has 1 aromatic carbocycles. The van der Waals surface area contributed by atoms with E-state index in [2.05, 4.69) is 33.5 Å². The van der Waals surface area contributed by atoms with Crippen molar-refractivity contribution in [3.8, 4) is 29.3 Å². The van der Waals surface area contributed by atoms with Gasteiger partial charge in [0.15, 0.2) is 23.5 Å². The van der Waals surface area contributed by atoms with E-state index in [9.17, 15) is 5.26 Å². The molecule has 1 fully saturated rings. The summed E-state index contributed by atoms with van der Waals surface area (Å²) in [5.74, 6) is 2.69. The monoisotopic (exact) mass is 392 g/mol. The molecular weight excluding hydrogens is 380 g/mol. The minimum atomic E-state index is -0.687. The van der Waals surface area contributed by atoms with E-state index in [0.29, 0.717) is 29.2 Å². The van der Waals surface area contributed by atoms with Crippen LogP contribution in [0.1, 0.15) is 25.6 Å². The predicted molar refractivity (Wildman–Crippen MR) is 99.2 cm³/mol. The molecule has 0 saturated heterocycles. The summed E-state index contributed by atoms with van der Waals surface area (Å²) in [6, 6.07) is 7.73. The Kier molecular flexibility index (Phi) is 2.86. The van der Waals surface area contributed by atoms with E-state index in [0.717, 1.165) is 24.1 Å². The molecule has 2 aromatic heterocycles. The molecule has 10 heteroatoms. The highest BCUT2D eigenvalue weighted by molar-refractivity contribution is 6.23. The minimum Gasteiger partial charge on any atom is -0.330 e. The molecule has 3 aromatic rings. The Morgan fingerprint density at radius 1 is 1.25 bits per heavy atom. The zero-order chi connectivity index (χ0) is 19.0. The van der Waals surface area contributed by atoms with E-state index in [-0.39, 0.29) is 5.41 Å². The number of benzene rings is 1. The first-order valence-electron chi connectivity index (χ1n) is 8.84. The molecule has 2 aliphatic heterocycles. The summed E-state index contributed by atoms with van der Waals surface area (Å²) >= 11 is 6.56. The number of hydrogen-bond acceptors (Lipinski definition) is 8. The molecule has 6 rings (SSSR count). The maximum Gasteiger partial charge on any atom is 0.296 e. The Morgan fingerprint density at radius 2 is 2.04 bits per heavy atom. The Hall–Kier alpha value is -3.38. The summed E-state index contributed by atoms with van der Waals surface area (Å²) < 4.78 is 7.32. The molecule has 1 atom stereocenters. The lowest BCUT2D eigenvalue weighted by atomic mass is 10.1. The van der Waals surface area contributed by atoms with Crippen molar-refractivity contribution in [2.75, 3.05) is 4.90 Å². The van der Waals surface area contributed by atoms with E-state index in [4.69, 9.17) is 16.1 Å². The van der Waals surface area contributed by atoms with Gasteiger partial charge in [-0.2, -0.15) is 10.2 Å². The first kappa shape index (κ1) is 15.7. The van der Waals surface area contributed by atoms with Gasteiger partial charge in [0.05, 0.1) is 11.9 Å². The van der Waals surface area contributed by atoms with Crippen LogP contribution in [-0.2, 0) is 5.41 Å². The zero-order valence-corrected chi connectivity index (χ0v) is 15.5. The predicted octanol–water partition coefficient (Wildman–Crippen LogP) is 2.94. The minimum absolute atomic E-state index is 0.0173. The number of alkyl halides is 1. The van der Waals surface area contributed by atoms with Gasteiger partial charge in [-0.15, -0.1) is 10.2 Å². The van der Waals surface area contributed by atoms with Crippen molar-refractivity contribution in [2.45, 2.75) is 30.8 Å². The molecule has 1 aliphatic carbocycles. The highest BCUT2D eigenvalue weighted by Gasteiger charge is 2.45. The molecule has 0 radical (unpaired) electrons. The summed E-state index contributed by atoms with van der Waals surface area (Å²) in [5, 5.41) is 22.3. The van der Waals surface area contributed by atoms with E-state index in [1.54, 1.807) is 6.20 Å². The third kappa shape index (κ3) is 1.90. The number of hydrogen-bond donors (Lipinski definition) is 0. The highest BCUT2D eigenvalue weighted by Crippen LogP contribution is 2.48. The summed E-state index contributed by atoms with van der Waals surface area (Å²) in [5.41, 5.74) is 1.01. The van der Waals surface area contributed by atoms with Gasteiger partial charge in [-0.05, 0) is 25.0 Å². The van der Waals surface area contributed by atoms with Crippen molar-refractivity contribution in [1.82, 2.24) is 29.8 Å². The molecule has 4 heterocycles. The molecule has 0 N–H and O–H groups in total. The van der Waals surface area contributed by atoms with Gasteiger partial charge in [0.1, 0.15) is 5.82 Å². The number of fused-ring (bicyclic) bond motifs is 6. The summed E-state index contributed by atoms with van der Waals surface area (Å²) in [6.45, 7) is 2.11. The first-order chi connectivity index (χ1) is 13.6. The molecule has 9 nitrogen and oxygen atoms in total. The van der Waals surface area contributed by atoms with Gasteiger partial charge < -0.3 is 4.52 Å². The molecule has 0 spiro atoms. The van der Waals surface area contributed by atoms with Crippen LogP contribution in [0.15, 0.2) is 35.0 Å². The van der Waals surface area contributed by atoms with Crippen LogP contribution in [0.5, 0.6) is 0 Å². The molecule has 1 unspecified atom stereocenters. The summed E-state index contributed by atoms with van der Waals surface area (Å²) in [6.07, 6.45) is 5.85. The van der Waals surface area contributed by atoms with E-state index in [1.165, 1.54) is 4.90 Å². The molecule has 138 valence electrons. The number of halogens is 1. The Morgan fingerprint density at radius 3 is 2.82 bits per heavy atom. The second kappa shape index (κ2) is 5.11. The molecular formula is C18H13ClN8O. The quantitative estimate of drug-likeness (QED) is 0.373. The third-order valence-corrected chi connectivity index (χ3v) is 5.92. The van der Waals surface area contributed by atoms with Crippen LogP contribution in [0, 0.1) is 11.5 Å². The summed E-state index contributed by atoms with van der Waals surface area (Å²) in [4.78, 5) is 7.80. The SMILES string of the molecule is CC1(c2noc(-c3nnc4n3C3=CN(C#N)C(Cl)N3c3ccccc3-4)n2)CC1. The van der Waals surface area contributed by atoms with Crippen molar-refractivity contribution in [3.05, 3.63) is 36.3 Å². The normalized spacial score (nSPS) is 20.9. The maximum absolute atomic E-state index is 9.46. The number of para-hydroxylation sites is 1. The van der Waals surface area contributed by atoms with Crippen LogP contribution in [0.3, 0.4) is 0 Å². The standard InChI is InChI=1S/C18H13ClN8O/c1-18(6-7-18)16-21-15(28-24-16)14-23-22-13-10-4-2-3-5-11(10)26-12(27(13)14)8-25(9-20)17(26)19/h2-5,8,17H,6-7H2,1H3. The van der Waals surface area contributed by atoms with Gasteiger partial charge in [-0.1, -0.05) is 35.8 Å². The van der Waals surface area contributed by atoms with Gasteiger partial charge in [0.25, 0.3) is 5.89 Å². The lowest BCUT2D eigenvalue weighted by Gasteiger charge is -2.32. The largest absolute Gasteiger partial charge is 0.330 e. The van der Waals surface area contributed by atoms with Crippen molar-refractivity contribution >= 4 is 23.1 Å². The smallest absolute Gasteiger partial charge is 0.296 e. The molecule has 3 aliphatic rings. The lowest BCUT2D eigenvalue weighted by molar-refractivity contribution is 0.413. The molecule has 1 saturated carbocycles. The maximum atomic E-state index is 9.46. The average molecular weight is 393 g/mol. The van der Waals surface area contributed by atoms with E-state index >= 15 is 0 Å². The van der Waals surface area contributed by atoms with Gasteiger partial charge in [-0.25, -0.2) is 4.90 Å². The van der Waals surface area contributed by atoms with Crippen LogP contribution in [0.25, 0.3) is 28.9 Å². The van der Waals surface area contributed by atoms with Gasteiger partial charge in [0, 0.05) is 11.0 Å². The second-order valence-electron chi connectivity index (χ2n) is 7.36. The fourth-order valence-electron chi connectivity index (χ4n) is 3.62. The average Bonchev–Trinajstić information content (AvgIpc) is 3.11. The van der Waals surface area contributed by atoms with E-state index < -0.39 is 5.62 Å². The number of nitriles is 1. The van der Waals surface area contributed by atoms with Crippen LogP contribution in [0.2, 0.25) is 0 Å². The fourth-order valence-corrected chi connectivity index (χ4v) is 3.92. The van der Waals surface area contributed by atoms with Crippen molar-refractivity contribution in [1.29, 1.82) is 5.26 Å². The van der Waals surface area contributed by atoms with Gasteiger partial charge >= 0.3 is 0 Å². The van der Waals surface area contributed by atoms with Crippen LogP contribution < -0.4 is 4.90 Å². The van der Waals surface area contributed by atoms with Gasteiger partial charge in [-0.3, -0.25) is 9.47 Å². The lowest BCUT2D eigenvalue weighted by Crippen LogP contribution is -2.36. The number of anilines is 1. The Balaban J connectivity index is 1.57. The topological polar surface area (TPSA) is 99.9 Å². The number of aromatic nitrogens is 5. The van der Waals surface area contributed by atoms with Crippen LogP contribution >= 0.6 is 11.6 Å². The fraction of sp³-hybridized carbons (Fsp3) is 0.278. The van der Waals surface area contributed by atoms with Crippen LogP contribution in [-0.4, -0.2) is 35.4 Å². The Labute approximate surface area is 164 Å². The molecule has 0 bridgehead atoms. The first-order valence-corrected chi connectivity index (χ1v) is 9.27. The third-order valence-electron chi connectivity index (χ3n) is 5.51. The Bertz CT molecular complexity index is 1200. The van der Waals surface area contributed by atoms with Gasteiger partial charge in [0.2, 0.25) is 5.82 Å².